The molecule has 6 nitrogen and oxygen atoms in total. The predicted octanol–water partition coefficient (Wildman–Crippen LogP) is 0.463. The van der Waals surface area contributed by atoms with Crippen LogP contribution >= 0.6 is 0 Å². The van der Waals surface area contributed by atoms with E-state index in [1.807, 2.05) is 0 Å². The summed E-state index contributed by atoms with van der Waals surface area (Å²) < 4.78 is 25.7. The minimum atomic E-state index is -3.47. The first kappa shape index (κ1) is 13.9. The van der Waals surface area contributed by atoms with Gasteiger partial charge in [-0.05, 0) is 19.3 Å². The zero-order valence-electron chi connectivity index (χ0n) is 9.42. The van der Waals surface area contributed by atoms with Crippen LogP contribution in [0.3, 0.4) is 0 Å². The second-order valence-corrected chi connectivity index (χ2v) is 6.08. The van der Waals surface area contributed by atoms with Crippen LogP contribution in [-0.2, 0) is 14.8 Å². The van der Waals surface area contributed by atoms with E-state index < -0.39 is 16.0 Å². The second-order valence-electron chi connectivity index (χ2n) is 4.21. The van der Waals surface area contributed by atoms with Gasteiger partial charge in [-0.15, -0.1) is 0 Å². The van der Waals surface area contributed by atoms with Crippen LogP contribution in [0.4, 0.5) is 0 Å². The summed E-state index contributed by atoms with van der Waals surface area (Å²) in [5.74, 6) is -1.46. The fraction of sp³-hybridized carbons (Fsp3) is 0.800. The fourth-order valence-corrected chi connectivity index (χ4v) is 3.34. The molecule has 1 aliphatic carbocycles. The van der Waals surface area contributed by atoms with Crippen molar-refractivity contribution in [2.45, 2.75) is 38.1 Å². The number of hydrogen-bond acceptors (Lipinski definition) is 4. The van der Waals surface area contributed by atoms with Gasteiger partial charge in [0.1, 0.15) is 0 Å². The van der Waals surface area contributed by atoms with Gasteiger partial charge in [0.2, 0.25) is 10.0 Å². The van der Waals surface area contributed by atoms with E-state index in [2.05, 4.69) is 10.8 Å². The van der Waals surface area contributed by atoms with Crippen molar-refractivity contribution in [1.29, 1.82) is 5.26 Å². The van der Waals surface area contributed by atoms with Crippen LogP contribution in [0, 0.1) is 17.2 Å². The average Bonchev–Trinajstić information content (AvgIpc) is 2.63. The monoisotopic (exact) mass is 260 g/mol. The molecule has 0 amide bonds. The van der Waals surface area contributed by atoms with Crippen LogP contribution < -0.4 is 4.72 Å². The Morgan fingerprint density at radius 1 is 1.47 bits per heavy atom. The predicted molar refractivity (Wildman–Crippen MR) is 60.5 cm³/mol. The van der Waals surface area contributed by atoms with Crippen molar-refractivity contribution in [2.24, 2.45) is 5.92 Å². The van der Waals surface area contributed by atoms with Gasteiger partial charge in [-0.1, -0.05) is 6.42 Å². The number of carbonyl (C=O) groups is 1. The van der Waals surface area contributed by atoms with E-state index >= 15 is 0 Å². The van der Waals surface area contributed by atoms with E-state index in [0.29, 0.717) is 6.42 Å². The number of nitrogens with zero attached hydrogens (tertiary/aromatic N) is 1. The van der Waals surface area contributed by atoms with Gasteiger partial charge in [0.15, 0.2) is 0 Å². The van der Waals surface area contributed by atoms with E-state index in [4.69, 9.17) is 10.4 Å². The lowest BCUT2D eigenvalue weighted by molar-refractivity contribution is -0.137. The maximum absolute atomic E-state index is 11.6. The van der Waals surface area contributed by atoms with Crippen LogP contribution in [0.1, 0.15) is 32.1 Å². The molecule has 0 heterocycles. The van der Waals surface area contributed by atoms with Gasteiger partial charge in [0.05, 0.1) is 17.7 Å². The summed E-state index contributed by atoms with van der Waals surface area (Å²) in [6.45, 7) is 0. The van der Waals surface area contributed by atoms with Crippen molar-refractivity contribution < 1.29 is 18.3 Å². The van der Waals surface area contributed by atoms with Gasteiger partial charge in [0.25, 0.3) is 0 Å². The second kappa shape index (κ2) is 5.98. The molecule has 0 aromatic heterocycles. The molecule has 1 saturated carbocycles. The number of rotatable bonds is 6. The number of carboxylic acids is 1. The standard InChI is InChI=1S/C10H16N2O4S/c11-7-8-3-1-4-9(8)12-17(15,16)6-2-5-10(13)14/h8-9,12H,1-6H2,(H,13,14). The molecule has 0 saturated heterocycles. The van der Waals surface area contributed by atoms with Gasteiger partial charge < -0.3 is 5.11 Å². The van der Waals surface area contributed by atoms with E-state index in [0.717, 1.165) is 12.8 Å². The van der Waals surface area contributed by atoms with Gasteiger partial charge >= 0.3 is 5.97 Å². The third kappa shape index (κ3) is 4.71. The van der Waals surface area contributed by atoms with Crippen LogP contribution in [0.15, 0.2) is 0 Å². The molecule has 1 fully saturated rings. The summed E-state index contributed by atoms with van der Waals surface area (Å²) in [4.78, 5) is 10.3. The highest BCUT2D eigenvalue weighted by atomic mass is 32.2. The van der Waals surface area contributed by atoms with Crippen molar-refractivity contribution in [3.63, 3.8) is 0 Å². The molecule has 2 atom stereocenters. The minimum Gasteiger partial charge on any atom is -0.481 e. The minimum absolute atomic E-state index is 0.0919. The van der Waals surface area contributed by atoms with Crippen LogP contribution in [-0.4, -0.2) is 31.3 Å². The molecule has 96 valence electrons. The van der Waals surface area contributed by atoms with Crippen molar-refractivity contribution in [3.8, 4) is 6.07 Å². The molecule has 0 aromatic rings. The van der Waals surface area contributed by atoms with Crippen molar-refractivity contribution >= 4 is 16.0 Å². The van der Waals surface area contributed by atoms with Gasteiger partial charge in [-0.2, -0.15) is 5.26 Å². The molecular formula is C10H16N2O4S. The first-order chi connectivity index (χ1) is 7.94. The zero-order valence-corrected chi connectivity index (χ0v) is 10.2. The first-order valence-corrected chi connectivity index (χ1v) is 7.21. The summed E-state index contributed by atoms with van der Waals surface area (Å²) in [5.41, 5.74) is 0. The maximum atomic E-state index is 11.6. The summed E-state index contributed by atoms with van der Waals surface area (Å²) in [6, 6.07) is 1.78. The van der Waals surface area contributed by atoms with E-state index in [1.54, 1.807) is 0 Å². The molecule has 0 bridgehead atoms. The highest BCUT2D eigenvalue weighted by molar-refractivity contribution is 7.89. The number of hydrogen-bond donors (Lipinski definition) is 2. The third-order valence-corrected chi connectivity index (χ3v) is 4.30. The quantitative estimate of drug-likeness (QED) is 0.721. The number of aliphatic carboxylic acids is 1. The van der Waals surface area contributed by atoms with Crippen molar-refractivity contribution in [2.75, 3.05) is 5.75 Å². The molecule has 17 heavy (non-hydrogen) atoms. The third-order valence-electron chi connectivity index (χ3n) is 2.82. The number of nitriles is 1. The smallest absolute Gasteiger partial charge is 0.303 e. The summed E-state index contributed by atoms with van der Waals surface area (Å²) in [7, 11) is -3.47. The Kier molecular flexibility index (Phi) is 4.90. The Balaban J connectivity index is 2.44. The summed E-state index contributed by atoms with van der Waals surface area (Å²) in [6.07, 6.45) is 2.18. The topological polar surface area (TPSA) is 107 Å². The van der Waals surface area contributed by atoms with Crippen molar-refractivity contribution in [3.05, 3.63) is 0 Å². The van der Waals surface area contributed by atoms with Crippen LogP contribution in [0.25, 0.3) is 0 Å². The van der Waals surface area contributed by atoms with E-state index in [1.165, 1.54) is 0 Å². The highest BCUT2D eigenvalue weighted by Crippen LogP contribution is 2.25. The highest BCUT2D eigenvalue weighted by Gasteiger charge is 2.30. The fourth-order valence-electron chi connectivity index (χ4n) is 1.96. The van der Waals surface area contributed by atoms with Gasteiger partial charge in [0, 0.05) is 12.5 Å². The molecule has 2 unspecified atom stereocenters. The molecular weight excluding hydrogens is 244 g/mol. The number of carboxylic acid groups (broad SMARTS) is 1. The maximum Gasteiger partial charge on any atom is 0.303 e. The van der Waals surface area contributed by atoms with Crippen LogP contribution in [0.5, 0.6) is 0 Å². The normalized spacial score (nSPS) is 24.4. The SMILES string of the molecule is N#CC1CCCC1NS(=O)(=O)CCCC(=O)O. The lowest BCUT2D eigenvalue weighted by atomic mass is 10.1. The Hall–Kier alpha value is -1.13. The average molecular weight is 260 g/mol. The Morgan fingerprint density at radius 3 is 2.76 bits per heavy atom. The molecule has 2 N–H and O–H groups in total. The molecule has 0 aromatic carbocycles. The first-order valence-electron chi connectivity index (χ1n) is 5.56. The lowest BCUT2D eigenvalue weighted by Gasteiger charge is -2.15. The molecule has 1 rings (SSSR count). The van der Waals surface area contributed by atoms with E-state index in [9.17, 15) is 13.2 Å². The Labute approximate surface area is 101 Å². The molecule has 0 spiro atoms. The van der Waals surface area contributed by atoms with Crippen LogP contribution in [0.2, 0.25) is 0 Å². The largest absolute Gasteiger partial charge is 0.481 e. The molecule has 7 heteroatoms. The lowest BCUT2D eigenvalue weighted by Crippen LogP contribution is -2.38. The molecule has 0 aliphatic heterocycles. The number of sulfonamides is 1. The van der Waals surface area contributed by atoms with Crippen molar-refractivity contribution in [1.82, 2.24) is 4.72 Å². The Bertz CT molecular complexity index is 413. The summed E-state index contributed by atoms with van der Waals surface area (Å²) >= 11 is 0. The molecule has 0 radical (unpaired) electrons. The zero-order chi connectivity index (χ0) is 12.9. The van der Waals surface area contributed by atoms with Gasteiger partial charge in [-0.25, -0.2) is 13.1 Å². The summed E-state index contributed by atoms with van der Waals surface area (Å²) in [5, 5.41) is 17.2. The van der Waals surface area contributed by atoms with E-state index in [-0.39, 0.29) is 30.6 Å². The molecule has 1 aliphatic rings. The Morgan fingerprint density at radius 2 is 2.18 bits per heavy atom. The number of nitrogens with one attached hydrogen (secondary N) is 1. The van der Waals surface area contributed by atoms with Gasteiger partial charge in [-0.3, -0.25) is 4.79 Å².